The summed E-state index contributed by atoms with van der Waals surface area (Å²) in [6, 6.07) is 10.8. The lowest BCUT2D eigenvalue weighted by atomic mass is 10.1. The summed E-state index contributed by atoms with van der Waals surface area (Å²) in [5.74, 6) is -1.37. The molecule has 1 atom stereocenters. The number of hydrogen-bond donors (Lipinski definition) is 1. The summed E-state index contributed by atoms with van der Waals surface area (Å²) >= 11 is 0. The van der Waals surface area contributed by atoms with Crippen molar-refractivity contribution < 1.29 is 14.0 Å². The topological polar surface area (TPSA) is 62.3 Å². The van der Waals surface area contributed by atoms with Crippen LogP contribution in [0.2, 0.25) is 0 Å². The van der Waals surface area contributed by atoms with Crippen molar-refractivity contribution in [3.63, 3.8) is 0 Å². The fourth-order valence-electron chi connectivity index (χ4n) is 3.01. The molecule has 6 heteroatoms. The van der Waals surface area contributed by atoms with Crippen molar-refractivity contribution in [3.8, 4) is 0 Å². The SMILES string of the molecule is O=C(N[C@@H]1CCN(CCCc2ccccc2)C1=O)c1ccncc1F. The van der Waals surface area contributed by atoms with Crippen molar-refractivity contribution in [2.24, 2.45) is 0 Å². The van der Waals surface area contributed by atoms with Crippen molar-refractivity contribution in [2.45, 2.75) is 25.3 Å². The maximum Gasteiger partial charge on any atom is 0.255 e. The molecule has 2 aromatic rings. The van der Waals surface area contributed by atoms with Crippen LogP contribution in [0.3, 0.4) is 0 Å². The van der Waals surface area contributed by atoms with Crippen LogP contribution in [0.4, 0.5) is 4.39 Å². The first-order valence-electron chi connectivity index (χ1n) is 8.38. The van der Waals surface area contributed by atoms with Crippen LogP contribution in [0.5, 0.6) is 0 Å². The van der Waals surface area contributed by atoms with Gasteiger partial charge in [-0.25, -0.2) is 4.39 Å². The minimum atomic E-state index is -0.690. The van der Waals surface area contributed by atoms with Crippen LogP contribution in [0.25, 0.3) is 0 Å². The largest absolute Gasteiger partial charge is 0.341 e. The fourth-order valence-corrected chi connectivity index (χ4v) is 3.01. The van der Waals surface area contributed by atoms with Gasteiger partial charge in [-0.05, 0) is 30.9 Å². The van der Waals surface area contributed by atoms with E-state index >= 15 is 0 Å². The quantitative estimate of drug-likeness (QED) is 0.876. The highest BCUT2D eigenvalue weighted by Gasteiger charge is 2.32. The number of nitrogens with one attached hydrogen (secondary N) is 1. The van der Waals surface area contributed by atoms with Crippen LogP contribution in [-0.2, 0) is 11.2 Å². The van der Waals surface area contributed by atoms with Gasteiger partial charge in [-0.15, -0.1) is 0 Å². The van der Waals surface area contributed by atoms with E-state index in [1.807, 2.05) is 18.2 Å². The lowest BCUT2D eigenvalue weighted by molar-refractivity contribution is -0.129. The number of halogens is 1. The Bertz CT molecular complexity index is 751. The zero-order valence-corrected chi connectivity index (χ0v) is 13.8. The number of benzene rings is 1. The zero-order chi connectivity index (χ0) is 17.6. The normalized spacial score (nSPS) is 16.9. The maximum absolute atomic E-state index is 13.6. The van der Waals surface area contributed by atoms with Crippen LogP contribution < -0.4 is 5.32 Å². The second-order valence-electron chi connectivity index (χ2n) is 6.08. The van der Waals surface area contributed by atoms with Crippen LogP contribution >= 0.6 is 0 Å². The maximum atomic E-state index is 13.6. The van der Waals surface area contributed by atoms with Gasteiger partial charge in [0.2, 0.25) is 5.91 Å². The Labute approximate surface area is 145 Å². The molecule has 0 saturated carbocycles. The Morgan fingerprint density at radius 1 is 1.28 bits per heavy atom. The zero-order valence-electron chi connectivity index (χ0n) is 13.8. The van der Waals surface area contributed by atoms with Crippen LogP contribution in [-0.4, -0.2) is 40.8 Å². The first-order valence-corrected chi connectivity index (χ1v) is 8.38. The Morgan fingerprint density at radius 3 is 2.84 bits per heavy atom. The monoisotopic (exact) mass is 341 g/mol. The third-order valence-corrected chi connectivity index (χ3v) is 4.36. The molecule has 0 radical (unpaired) electrons. The molecule has 1 fully saturated rings. The van der Waals surface area contributed by atoms with E-state index in [1.165, 1.54) is 17.8 Å². The second-order valence-corrected chi connectivity index (χ2v) is 6.08. The molecule has 1 aromatic carbocycles. The number of rotatable bonds is 6. The number of amides is 2. The average molecular weight is 341 g/mol. The molecular formula is C19H20FN3O2. The minimum Gasteiger partial charge on any atom is -0.341 e. The van der Waals surface area contributed by atoms with Crippen molar-refractivity contribution in [1.29, 1.82) is 0 Å². The standard InChI is InChI=1S/C19H20FN3O2/c20-16-13-21-10-8-15(16)18(24)22-17-9-12-23(19(17)25)11-4-7-14-5-2-1-3-6-14/h1-3,5-6,8,10,13,17H,4,7,9,11-12H2,(H,22,24)/t17-/m1/s1. The predicted octanol–water partition coefficient (Wildman–Crippen LogP) is 2.18. The molecular weight excluding hydrogens is 321 g/mol. The molecule has 3 rings (SSSR count). The van der Waals surface area contributed by atoms with Gasteiger partial charge in [-0.1, -0.05) is 30.3 Å². The Hall–Kier alpha value is -2.76. The lowest BCUT2D eigenvalue weighted by Crippen LogP contribution is -2.42. The number of carbonyl (C=O) groups excluding carboxylic acids is 2. The molecule has 1 N–H and O–H groups in total. The van der Waals surface area contributed by atoms with Crippen LogP contribution in [0.1, 0.15) is 28.8 Å². The molecule has 1 aliphatic rings. The van der Waals surface area contributed by atoms with Gasteiger partial charge in [0.25, 0.3) is 5.91 Å². The number of carbonyl (C=O) groups is 2. The highest BCUT2D eigenvalue weighted by molar-refractivity contribution is 5.98. The number of aryl methyl sites for hydroxylation is 1. The first-order chi connectivity index (χ1) is 12.1. The second kappa shape index (κ2) is 7.88. The van der Waals surface area contributed by atoms with E-state index in [4.69, 9.17) is 0 Å². The molecule has 0 spiro atoms. The smallest absolute Gasteiger partial charge is 0.255 e. The number of likely N-dealkylation sites (tertiary alicyclic amines) is 1. The molecule has 1 aliphatic heterocycles. The molecule has 130 valence electrons. The van der Waals surface area contributed by atoms with E-state index in [0.717, 1.165) is 19.0 Å². The molecule has 1 aromatic heterocycles. The number of nitrogens with zero attached hydrogens (tertiary/aromatic N) is 2. The van der Waals surface area contributed by atoms with Gasteiger partial charge in [0.15, 0.2) is 5.82 Å². The molecule has 0 unspecified atom stereocenters. The van der Waals surface area contributed by atoms with E-state index in [2.05, 4.69) is 22.4 Å². The Kier molecular flexibility index (Phi) is 5.38. The van der Waals surface area contributed by atoms with Crippen LogP contribution in [0.15, 0.2) is 48.8 Å². The van der Waals surface area contributed by atoms with Crippen molar-refractivity contribution in [1.82, 2.24) is 15.2 Å². The predicted molar refractivity (Wildman–Crippen MR) is 91.4 cm³/mol. The molecule has 2 amide bonds. The summed E-state index contributed by atoms with van der Waals surface area (Å²) in [5, 5.41) is 2.63. The van der Waals surface area contributed by atoms with Gasteiger partial charge < -0.3 is 10.2 Å². The lowest BCUT2D eigenvalue weighted by Gasteiger charge is -2.17. The molecule has 5 nitrogen and oxygen atoms in total. The Morgan fingerprint density at radius 2 is 2.08 bits per heavy atom. The molecule has 0 aliphatic carbocycles. The van der Waals surface area contributed by atoms with E-state index in [-0.39, 0.29) is 11.5 Å². The summed E-state index contributed by atoms with van der Waals surface area (Å²) in [6.45, 7) is 1.26. The molecule has 2 heterocycles. The highest BCUT2D eigenvalue weighted by Crippen LogP contribution is 2.14. The Balaban J connectivity index is 1.50. The van der Waals surface area contributed by atoms with Gasteiger partial charge in [0, 0.05) is 19.3 Å². The van der Waals surface area contributed by atoms with E-state index in [9.17, 15) is 14.0 Å². The van der Waals surface area contributed by atoms with E-state index < -0.39 is 17.8 Å². The highest BCUT2D eigenvalue weighted by atomic mass is 19.1. The number of aromatic nitrogens is 1. The van der Waals surface area contributed by atoms with Crippen LogP contribution in [0, 0.1) is 5.82 Å². The average Bonchev–Trinajstić information content (AvgIpc) is 2.96. The summed E-state index contributed by atoms with van der Waals surface area (Å²) in [4.78, 5) is 29.9. The van der Waals surface area contributed by atoms with Gasteiger partial charge in [0.1, 0.15) is 6.04 Å². The fraction of sp³-hybridized carbons (Fsp3) is 0.316. The van der Waals surface area contributed by atoms with E-state index in [0.29, 0.717) is 19.5 Å². The molecule has 0 bridgehead atoms. The third kappa shape index (κ3) is 4.21. The number of hydrogen-bond acceptors (Lipinski definition) is 3. The van der Waals surface area contributed by atoms with Gasteiger partial charge in [0.05, 0.1) is 11.8 Å². The number of pyridine rings is 1. The summed E-state index contributed by atoms with van der Waals surface area (Å²) in [7, 11) is 0. The summed E-state index contributed by atoms with van der Waals surface area (Å²) in [5.41, 5.74) is 1.15. The van der Waals surface area contributed by atoms with Gasteiger partial charge >= 0.3 is 0 Å². The third-order valence-electron chi connectivity index (χ3n) is 4.36. The van der Waals surface area contributed by atoms with E-state index in [1.54, 1.807) is 4.90 Å². The van der Waals surface area contributed by atoms with Crippen molar-refractivity contribution in [3.05, 3.63) is 65.7 Å². The molecule has 1 saturated heterocycles. The van der Waals surface area contributed by atoms with Crippen molar-refractivity contribution in [2.75, 3.05) is 13.1 Å². The van der Waals surface area contributed by atoms with Crippen molar-refractivity contribution >= 4 is 11.8 Å². The molecule has 25 heavy (non-hydrogen) atoms. The summed E-state index contributed by atoms with van der Waals surface area (Å²) < 4.78 is 13.6. The minimum absolute atomic E-state index is 0.0923. The first kappa shape index (κ1) is 17.1. The summed E-state index contributed by atoms with van der Waals surface area (Å²) in [6.07, 6.45) is 4.66. The van der Waals surface area contributed by atoms with Gasteiger partial charge in [-0.3, -0.25) is 14.6 Å². The van der Waals surface area contributed by atoms with Gasteiger partial charge in [-0.2, -0.15) is 0 Å².